The Morgan fingerprint density at radius 1 is 1.03 bits per heavy atom. The zero-order chi connectivity index (χ0) is 24.1. The molecule has 0 bridgehead atoms. The van der Waals surface area contributed by atoms with E-state index in [1.54, 1.807) is 9.80 Å². The summed E-state index contributed by atoms with van der Waals surface area (Å²) >= 11 is 0. The Morgan fingerprint density at radius 2 is 1.76 bits per heavy atom. The molecule has 180 valence electrons. The summed E-state index contributed by atoms with van der Waals surface area (Å²) in [5, 5.41) is 0. The van der Waals surface area contributed by atoms with Gasteiger partial charge in [-0.25, -0.2) is 4.79 Å². The highest BCUT2D eigenvalue weighted by molar-refractivity contribution is 6.11. The highest BCUT2D eigenvalue weighted by atomic mass is 16.6. The molecule has 0 N–H and O–H groups in total. The van der Waals surface area contributed by atoms with E-state index < -0.39 is 5.41 Å². The van der Waals surface area contributed by atoms with Gasteiger partial charge in [0.15, 0.2) is 0 Å². The van der Waals surface area contributed by atoms with Crippen molar-refractivity contribution in [1.82, 2.24) is 4.90 Å². The van der Waals surface area contributed by atoms with Crippen LogP contribution < -0.4 is 14.4 Å². The maximum Gasteiger partial charge on any atom is 0.410 e. The van der Waals surface area contributed by atoms with Crippen LogP contribution in [0.2, 0.25) is 0 Å². The van der Waals surface area contributed by atoms with Crippen LogP contribution in [-0.2, 0) is 21.4 Å². The molecule has 1 fully saturated rings. The third-order valence-electron chi connectivity index (χ3n) is 6.85. The van der Waals surface area contributed by atoms with Crippen molar-refractivity contribution in [2.45, 2.75) is 51.0 Å². The molecule has 4 heterocycles. The highest BCUT2D eigenvalue weighted by Gasteiger charge is 2.56. The average Bonchev–Trinajstić information content (AvgIpc) is 3.58. The van der Waals surface area contributed by atoms with Gasteiger partial charge >= 0.3 is 6.09 Å². The molecule has 2 aromatic rings. The summed E-state index contributed by atoms with van der Waals surface area (Å²) in [6.07, 6.45) is 2.95. The van der Waals surface area contributed by atoms with E-state index >= 15 is 0 Å². The third-order valence-corrected chi connectivity index (χ3v) is 6.85. The Kier molecular flexibility index (Phi) is 5.46. The number of likely N-dealkylation sites (N-methyl/N-ethyl adjacent to an activating group) is 1. The summed E-state index contributed by atoms with van der Waals surface area (Å²) in [5.41, 5.74) is 3.11. The topological polar surface area (TPSA) is 68.3 Å². The van der Waals surface area contributed by atoms with E-state index in [1.807, 2.05) is 58.2 Å². The highest BCUT2D eigenvalue weighted by Crippen LogP contribution is 2.53. The smallest absolute Gasteiger partial charge is 0.410 e. The van der Waals surface area contributed by atoms with E-state index in [0.717, 1.165) is 60.7 Å². The van der Waals surface area contributed by atoms with Crippen molar-refractivity contribution in [3.63, 3.8) is 0 Å². The SMILES string of the molecule is CC(C)(C)OC(=O)N1CCCC1.CN1C(=O)C2(COc3cc4c(cc32)CCO4)c2ccccc21. The number of hydrogen-bond donors (Lipinski definition) is 0. The Morgan fingerprint density at radius 3 is 2.50 bits per heavy atom. The Bertz CT molecular complexity index is 1130. The number of carbonyl (C=O) groups is 2. The number of benzene rings is 2. The maximum absolute atomic E-state index is 13.1. The maximum atomic E-state index is 13.1. The molecule has 4 aliphatic heterocycles. The van der Waals surface area contributed by atoms with Crippen LogP contribution in [0.25, 0.3) is 0 Å². The van der Waals surface area contributed by atoms with Crippen LogP contribution in [0.5, 0.6) is 11.5 Å². The van der Waals surface area contributed by atoms with E-state index in [4.69, 9.17) is 14.2 Å². The zero-order valence-corrected chi connectivity index (χ0v) is 20.3. The summed E-state index contributed by atoms with van der Waals surface area (Å²) in [4.78, 5) is 27.9. The normalized spacial score (nSPS) is 21.9. The molecular weight excluding hydrogens is 432 g/mol. The first-order valence-electron chi connectivity index (χ1n) is 12.0. The number of amides is 2. The van der Waals surface area contributed by atoms with Crippen LogP contribution >= 0.6 is 0 Å². The molecule has 0 saturated carbocycles. The number of rotatable bonds is 0. The summed E-state index contributed by atoms with van der Waals surface area (Å²) < 4.78 is 16.7. The molecule has 1 saturated heterocycles. The number of carbonyl (C=O) groups excluding carboxylic acids is 2. The molecule has 0 aromatic heterocycles. The Labute approximate surface area is 200 Å². The first-order chi connectivity index (χ1) is 16.2. The minimum atomic E-state index is -0.696. The summed E-state index contributed by atoms with van der Waals surface area (Å²) in [6.45, 7) is 8.45. The number of fused-ring (bicyclic) bond motifs is 5. The number of hydrogen-bond acceptors (Lipinski definition) is 5. The lowest BCUT2D eigenvalue weighted by Gasteiger charge is -2.23. The van der Waals surface area contributed by atoms with Crippen molar-refractivity contribution >= 4 is 17.7 Å². The molecule has 2 aromatic carbocycles. The van der Waals surface area contributed by atoms with Crippen LogP contribution in [0.15, 0.2) is 36.4 Å². The van der Waals surface area contributed by atoms with Crippen molar-refractivity contribution in [1.29, 1.82) is 0 Å². The number of para-hydroxylation sites is 1. The largest absolute Gasteiger partial charge is 0.493 e. The Hall–Kier alpha value is -3.22. The standard InChI is InChI=1S/C18H15NO3.C9H17NO2/c1-19-14-5-3-2-4-12(14)18(17(19)20)10-22-16-9-15-11(6-7-21-15)8-13(16)18;1-9(2,3)12-8(11)10-6-4-5-7-10/h2-5,8-9H,6-7,10H2,1H3;4-7H2,1-3H3. The van der Waals surface area contributed by atoms with Crippen molar-refractivity contribution in [2.24, 2.45) is 0 Å². The average molecular weight is 465 g/mol. The fourth-order valence-corrected chi connectivity index (χ4v) is 5.19. The number of anilines is 1. The minimum absolute atomic E-state index is 0.0892. The Balaban J connectivity index is 0.000000172. The van der Waals surface area contributed by atoms with Gasteiger partial charge in [0.2, 0.25) is 5.91 Å². The lowest BCUT2D eigenvalue weighted by Crippen LogP contribution is -2.41. The van der Waals surface area contributed by atoms with Gasteiger partial charge in [0.1, 0.15) is 29.1 Å². The van der Waals surface area contributed by atoms with Crippen LogP contribution in [0.4, 0.5) is 10.5 Å². The molecule has 0 aliphatic carbocycles. The van der Waals surface area contributed by atoms with Gasteiger partial charge in [-0.15, -0.1) is 0 Å². The summed E-state index contributed by atoms with van der Waals surface area (Å²) in [5.74, 6) is 1.76. The number of likely N-dealkylation sites (tertiary alicyclic amines) is 1. The van der Waals surface area contributed by atoms with Crippen molar-refractivity contribution in [3.8, 4) is 11.5 Å². The van der Waals surface area contributed by atoms with Crippen LogP contribution in [0.3, 0.4) is 0 Å². The second-order valence-corrected chi connectivity index (χ2v) is 10.3. The second kappa shape index (κ2) is 8.22. The van der Waals surface area contributed by atoms with Gasteiger partial charge < -0.3 is 24.0 Å². The fourth-order valence-electron chi connectivity index (χ4n) is 5.19. The van der Waals surface area contributed by atoms with E-state index in [-0.39, 0.29) is 17.6 Å². The first-order valence-corrected chi connectivity index (χ1v) is 12.0. The van der Waals surface area contributed by atoms with Crippen LogP contribution in [0.1, 0.15) is 50.3 Å². The van der Waals surface area contributed by atoms with Crippen LogP contribution in [-0.4, -0.2) is 55.9 Å². The van der Waals surface area contributed by atoms with E-state index in [1.165, 1.54) is 5.56 Å². The molecule has 1 unspecified atom stereocenters. The van der Waals surface area contributed by atoms with Gasteiger partial charge in [-0.3, -0.25) is 4.79 Å². The number of nitrogens with zero attached hydrogens (tertiary/aromatic N) is 2. The molecule has 0 radical (unpaired) electrons. The molecule has 7 heteroatoms. The molecule has 4 aliphatic rings. The minimum Gasteiger partial charge on any atom is -0.493 e. The lowest BCUT2D eigenvalue weighted by molar-refractivity contribution is -0.121. The van der Waals surface area contributed by atoms with E-state index in [9.17, 15) is 9.59 Å². The molecule has 1 atom stereocenters. The predicted molar refractivity (Wildman–Crippen MR) is 129 cm³/mol. The monoisotopic (exact) mass is 464 g/mol. The summed E-state index contributed by atoms with van der Waals surface area (Å²) in [7, 11) is 1.84. The molecular formula is C27H32N2O5. The molecule has 2 amide bonds. The number of ether oxygens (including phenoxy) is 3. The van der Waals surface area contributed by atoms with Crippen molar-refractivity contribution < 1.29 is 23.8 Å². The van der Waals surface area contributed by atoms with Crippen molar-refractivity contribution in [2.75, 3.05) is 38.3 Å². The summed E-state index contributed by atoms with van der Waals surface area (Å²) in [6, 6.07) is 12.0. The van der Waals surface area contributed by atoms with Gasteiger partial charge in [-0.2, -0.15) is 0 Å². The van der Waals surface area contributed by atoms with Gasteiger partial charge in [0.05, 0.1) is 6.61 Å². The van der Waals surface area contributed by atoms with Gasteiger partial charge in [0, 0.05) is 43.9 Å². The lowest BCUT2D eigenvalue weighted by atomic mass is 9.76. The molecule has 34 heavy (non-hydrogen) atoms. The van der Waals surface area contributed by atoms with Gasteiger partial charge in [-0.1, -0.05) is 18.2 Å². The first kappa shape index (κ1) is 22.6. The molecule has 6 rings (SSSR count). The zero-order valence-electron chi connectivity index (χ0n) is 20.3. The van der Waals surface area contributed by atoms with E-state index in [2.05, 4.69) is 6.07 Å². The van der Waals surface area contributed by atoms with Crippen LogP contribution in [0, 0.1) is 0 Å². The van der Waals surface area contributed by atoms with Gasteiger partial charge in [0.25, 0.3) is 0 Å². The molecule has 7 nitrogen and oxygen atoms in total. The van der Waals surface area contributed by atoms with Gasteiger partial charge in [-0.05, 0) is 56.9 Å². The van der Waals surface area contributed by atoms with E-state index in [0.29, 0.717) is 13.2 Å². The van der Waals surface area contributed by atoms with Crippen molar-refractivity contribution in [3.05, 3.63) is 53.1 Å². The third kappa shape index (κ3) is 3.67. The fraction of sp³-hybridized carbons (Fsp3) is 0.481. The molecule has 1 spiro atoms. The quantitative estimate of drug-likeness (QED) is 0.582. The second-order valence-electron chi connectivity index (χ2n) is 10.3. The predicted octanol–water partition coefficient (Wildman–Crippen LogP) is 4.29.